The average molecular weight is 486 g/mol. The minimum absolute atomic E-state index is 0.128. The van der Waals surface area contributed by atoms with Gasteiger partial charge in [-0.25, -0.2) is 4.79 Å². The maximum absolute atomic E-state index is 13.1. The number of thioether (sulfide) groups is 1. The molecular weight excluding hydrogens is 450 g/mol. The van der Waals surface area contributed by atoms with E-state index >= 15 is 0 Å². The molecule has 0 bridgehead atoms. The van der Waals surface area contributed by atoms with Crippen molar-refractivity contribution in [3.63, 3.8) is 0 Å². The molecule has 0 aliphatic heterocycles. The van der Waals surface area contributed by atoms with Crippen LogP contribution >= 0.6 is 11.8 Å². The van der Waals surface area contributed by atoms with Gasteiger partial charge in [0.05, 0.1) is 5.92 Å². The molecule has 2 rings (SSSR count). The standard InChI is InChI=1S/C26H35N3O4S/c1-18(2)13-14-21(17-34-22-12-8-9-19(3)15-22)25(31)29(33)26(32)28-23(24(30)27-4)16-20-10-6-5-7-11-20/h5-12,15,18,21,23,33H,13-14,16-17H2,1-4H3,(H,27,30)(H,28,32)/t21-,23+/m1/s1. The van der Waals surface area contributed by atoms with E-state index in [0.717, 1.165) is 22.4 Å². The molecule has 7 nitrogen and oxygen atoms in total. The molecule has 0 heterocycles. The van der Waals surface area contributed by atoms with E-state index < -0.39 is 29.8 Å². The van der Waals surface area contributed by atoms with Crippen LogP contribution in [0.3, 0.4) is 0 Å². The van der Waals surface area contributed by atoms with Crippen molar-refractivity contribution in [1.29, 1.82) is 0 Å². The van der Waals surface area contributed by atoms with Gasteiger partial charge in [-0.2, -0.15) is 0 Å². The highest BCUT2D eigenvalue weighted by Crippen LogP contribution is 2.26. The van der Waals surface area contributed by atoms with Crippen LogP contribution in [0.15, 0.2) is 59.5 Å². The van der Waals surface area contributed by atoms with E-state index in [0.29, 0.717) is 18.1 Å². The van der Waals surface area contributed by atoms with Gasteiger partial charge in [-0.05, 0) is 37.0 Å². The number of amides is 4. The smallest absolute Gasteiger partial charge is 0.349 e. The summed E-state index contributed by atoms with van der Waals surface area (Å²) in [6.07, 6.45) is 1.56. The van der Waals surface area contributed by atoms with Crippen LogP contribution in [-0.2, 0) is 16.0 Å². The maximum atomic E-state index is 13.1. The highest BCUT2D eigenvalue weighted by molar-refractivity contribution is 7.99. The third kappa shape index (κ3) is 8.83. The lowest BCUT2D eigenvalue weighted by Gasteiger charge is -2.24. The van der Waals surface area contributed by atoms with Gasteiger partial charge >= 0.3 is 6.03 Å². The molecular formula is C26H35N3O4S. The van der Waals surface area contributed by atoms with Gasteiger partial charge in [0.2, 0.25) is 5.91 Å². The first-order chi connectivity index (χ1) is 16.2. The van der Waals surface area contributed by atoms with Crippen LogP contribution in [0.1, 0.15) is 37.8 Å². The Morgan fingerprint density at radius 2 is 1.74 bits per heavy atom. The zero-order valence-electron chi connectivity index (χ0n) is 20.3. The second-order valence-electron chi connectivity index (χ2n) is 8.75. The molecule has 0 spiro atoms. The summed E-state index contributed by atoms with van der Waals surface area (Å²) in [6.45, 7) is 6.13. The lowest BCUT2D eigenvalue weighted by Crippen LogP contribution is -2.53. The first-order valence-corrected chi connectivity index (χ1v) is 12.5. The first kappa shape index (κ1) is 27.4. The number of imide groups is 1. The molecule has 0 aliphatic carbocycles. The van der Waals surface area contributed by atoms with Gasteiger partial charge in [-0.15, -0.1) is 16.8 Å². The fraction of sp³-hybridized carbons (Fsp3) is 0.423. The molecule has 0 aliphatic rings. The molecule has 0 unspecified atom stereocenters. The highest BCUT2D eigenvalue weighted by atomic mass is 32.2. The summed E-state index contributed by atoms with van der Waals surface area (Å²) in [5.41, 5.74) is 1.97. The number of hydrogen-bond acceptors (Lipinski definition) is 5. The molecule has 34 heavy (non-hydrogen) atoms. The number of nitrogens with zero attached hydrogens (tertiary/aromatic N) is 1. The van der Waals surface area contributed by atoms with Crippen molar-refractivity contribution in [2.75, 3.05) is 12.8 Å². The van der Waals surface area contributed by atoms with E-state index in [9.17, 15) is 19.6 Å². The second-order valence-corrected chi connectivity index (χ2v) is 9.85. The molecule has 0 radical (unpaired) electrons. The van der Waals surface area contributed by atoms with Crippen molar-refractivity contribution in [3.05, 3.63) is 65.7 Å². The number of urea groups is 1. The fourth-order valence-corrected chi connectivity index (χ4v) is 4.58. The second kappa shape index (κ2) is 13.8. The van der Waals surface area contributed by atoms with Crippen LogP contribution in [-0.4, -0.2) is 47.0 Å². The third-order valence-corrected chi connectivity index (χ3v) is 6.58. The van der Waals surface area contributed by atoms with Crippen LogP contribution < -0.4 is 10.6 Å². The molecule has 0 saturated carbocycles. The van der Waals surface area contributed by atoms with E-state index in [1.54, 1.807) is 0 Å². The van der Waals surface area contributed by atoms with Crippen molar-refractivity contribution in [2.45, 2.75) is 51.0 Å². The largest absolute Gasteiger partial charge is 0.357 e. The Hall–Kier alpha value is -2.84. The number of carbonyl (C=O) groups excluding carboxylic acids is 3. The van der Waals surface area contributed by atoms with Crippen molar-refractivity contribution in [1.82, 2.24) is 15.7 Å². The van der Waals surface area contributed by atoms with Gasteiger partial charge < -0.3 is 10.6 Å². The number of carbonyl (C=O) groups is 3. The molecule has 0 saturated heterocycles. The van der Waals surface area contributed by atoms with E-state index in [-0.39, 0.29) is 11.5 Å². The first-order valence-electron chi connectivity index (χ1n) is 11.5. The quantitative estimate of drug-likeness (QED) is 0.249. The van der Waals surface area contributed by atoms with Gasteiger partial charge in [0.1, 0.15) is 6.04 Å². The average Bonchev–Trinajstić information content (AvgIpc) is 2.82. The van der Waals surface area contributed by atoms with Gasteiger partial charge in [0, 0.05) is 24.1 Å². The molecule has 3 N–H and O–H groups in total. The number of nitrogens with one attached hydrogen (secondary N) is 2. The van der Waals surface area contributed by atoms with Gasteiger partial charge in [0.15, 0.2) is 0 Å². The van der Waals surface area contributed by atoms with Crippen LogP contribution in [0.25, 0.3) is 0 Å². The third-order valence-electron chi connectivity index (χ3n) is 5.43. The molecule has 0 fully saturated rings. The van der Waals surface area contributed by atoms with Crippen LogP contribution in [0.4, 0.5) is 4.79 Å². The van der Waals surface area contributed by atoms with Crippen LogP contribution in [0.5, 0.6) is 0 Å². The molecule has 2 aromatic rings. The molecule has 8 heteroatoms. The summed E-state index contributed by atoms with van der Waals surface area (Å²) in [4.78, 5) is 39.1. The minimum Gasteiger partial charge on any atom is -0.357 e. The van der Waals surface area contributed by atoms with Crippen molar-refractivity contribution in [3.8, 4) is 0 Å². The predicted octanol–water partition coefficient (Wildman–Crippen LogP) is 4.42. The van der Waals surface area contributed by atoms with E-state index in [4.69, 9.17) is 0 Å². The van der Waals surface area contributed by atoms with Crippen molar-refractivity contribution >= 4 is 29.6 Å². The van der Waals surface area contributed by atoms with Gasteiger partial charge in [-0.3, -0.25) is 14.8 Å². The molecule has 0 aromatic heterocycles. The van der Waals surface area contributed by atoms with Crippen molar-refractivity contribution < 1.29 is 19.6 Å². The summed E-state index contributed by atoms with van der Waals surface area (Å²) in [5, 5.41) is 15.6. The summed E-state index contributed by atoms with van der Waals surface area (Å²) in [7, 11) is 1.47. The Morgan fingerprint density at radius 3 is 2.35 bits per heavy atom. The zero-order valence-corrected chi connectivity index (χ0v) is 21.1. The van der Waals surface area contributed by atoms with Crippen LogP contribution in [0, 0.1) is 18.8 Å². The number of rotatable bonds is 11. The Kier molecular flexibility index (Phi) is 11.1. The topological polar surface area (TPSA) is 98.7 Å². The summed E-state index contributed by atoms with van der Waals surface area (Å²) in [5.74, 6) is -0.819. The monoisotopic (exact) mass is 485 g/mol. The number of likely N-dealkylation sites (N-methyl/N-ethyl adjacent to an activating group) is 1. The Morgan fingerprint density at radius 1 is 1.03 bits per heavy atom. The zero-order chi connectivity index (χ0) is 25.1. The van der Waals surface area contributed by atoms with E-state index in [1.165, 1.54) is 18.8 Å². The predicted molar refractivity (Wildman–Crippen MR) is 135 cm³/mol. The Bertz CT molecular complexity index is 952. The van der Waals surface area contributed by atoms with E-state index in [1.807, 2.05) is 61.5 Å². The number of hydrogen-bond donors (Lipinski definition) is 3. The minimum atomic E-state index is -1.01. The van der Waals surface area contributed by atoms with Crippen LogP contribution in [0.2, 0.25) is 0 Å². The Balaban J connectivity index is 2.08. The SMILES string of the molecule is CNC(=O)[C@H](Cc1ccccc1)NC(=O)N(O)C(=O)[C@H](CCC(C)C)CSc1cccc(C)c1. The lowest BCUT2D eigenvalue weighted by atomic mass is 9.98. The summed E-state index contributed by atoms with van der Waals surface area (Å²) in [6, 6.07) is 15.3. The highest BCUT2D eigenvalue weighted by Gasteiger charge is 2.31. The van der Waals surface area contributed by atoms with Crippen molar-refractivity contribution in [2.24, 2.45) is 11.8 Å². The lowest BCUT2D eigenvalue weighted by molar-refractivity contribution is -0.157. The number of benzene rings is 2. The molecule has 2 aromatic carbocycles. The maximum Gasteiger partial charge on any atom is 0.349 e. The normalized spacial score (nSPS) is 12.6. The fourth-order valence-electron chi connectivity index (χ4n) is 3.43. The summed E-state index contributed by atoms with van der Waals surface area (Å²) >= 11 is 1.52. The van der Waals surface area contributed by atoms with E-state index in [2.05, 4.69) is 24.5 Å². The van der Waals surface area contributed by atoms with Gasteiger partial charge in [0.25, 0.3) is 5.91 Å². The summed E-state index contributed by atoms with van der Waals surface area (Å²) < 4.78 is 0. The number of aryl methyl sites for hydroxylation is 1. The molecule has 2 atom stereocenters. The molecule has 184 valence electrons. The van der Waals surface area contributed by atoms with Gasteiger partial charge in [-0.1, -0.05) is 68.3 Å². The number of hydroxylamine groups is 2. The Labute approximate surface area is 206 Å². The molecule has 4 amide bonds.